The predicted octanol–water partition coefficient (Wildman–Crippen LogP) is 4.88. The smallest absolute Gasteiger partial charge is 0.129 e. The number of thioether (sulfide) groups is 1. The maximum atomic E-state index is 10.2. The third kappa shape index (κ3) is 3.21. The number of nitrogens with one attached hydrogen (secondary N) is 1. The van der Waals surface area contributed by atoms with Gasteiger partial charge in [0.25, 0.3) is 0 Å². The minimum Gasteiger partial charge on any atom is -0.507 e. The largest absolute Gasteiger partial charge is 0.507 e. The molecule has 1 heterocycles. The van der Waals surface area contributed by atoms with Crippen molar-refractivity contribution in [3.63, 3.8) is 0 Å². The number of rotatable bonds is 4. The first kappa shape index (κ1) is 17.0. The molecule has 0 amide bonds. The summed E-state index contributed by atoms with van der Waals surface area (Å²) in [6.07, 6.45) is 3.64. The normalized spacial score (nSPS) is 10.7. The summed E-state index contributed by atoms with van der Waals surface area (Å²) >= 11 is 1.48. The number of hydrogen-bond acceptors (Lipinski definition) is 5. The topological polar surface area (TPSA) is 73.9 Å². The molecule has 6 heteroatoms. The predicted molar refractivity (Wildman–Crippen MR) is 109 cm³/mol. The molecule has 0 fully saturated rings. The molecule has 5 nitrogen and oxygen atoms in total. The number of phenolic OH excluding ortho intramolecular Hbond substituents is 1. The van der Waals surface area contributed by atoms with E-state index in [2.05, 4.69) is 16.5 Å². The Labute approximate surface area is 160 Å². The highest BCUT2D eigenvalue weighted by atomic mass is 32.2. The Morgan fingerprint density at radius 2 is 1.96 bits per heavy atom. The van der Waals surface area contributed by atoms with Gasteiger partial charge in [0, 0.05) is 10.5 Å². The molecule has 3 aromatic carbocycles. The molecule has 0 aliphatic carbocycles. The third-order valence-corrected chi connectivity index (χ3v) is 5.12. The molecule has 0 radical (unpaired) electrons. The molecular weight excluding hydrogens is 356 g/mol. The van der Waals surface area contributed by atoms with Crippen molar-refractivity contribution in [2.75, 3.05) is 11.7 Å². The maximum absolute atomic E-state index is 10.2. The van der Waals surface area contributed by atoms with Gasteiger partial charge in [-0.25, -0.2) is 9.66 Å². The Balaban J connectivity index is 1.75. The van der Waals surface area contributed by atoms with Crippen LogP contribution >= 0.6 is 11.8 Å². The number of anilines is 1. The van der Waals surface area contributed by atoms with Gasteiger partial charge in [-0.3, -0.25) is 5.43 Å². The van der Waals surface area contributed by atoms with Crippen molar-refractivity contribution in [1.82, 2.24) is 9.66 Å². The number of hydrogen-bond donors (Lipinski definition) is 2. The van der Waals surface area contributed by atoms with Gasteiger partial charge in [0.05, 0.1) is 28.4 Å². The quantitative estimate of drug-likeness (QED) is 0.500. The van der Waals surface area contributed by atoms with E-state index in [0.29, 0.717) is 5.56 Å². The Morgan fingerprint density at radius 1 is 1.11 bits per heavy atom. The van der Waals surface area contributed by atoms with Crippen molar-refractivity contribution in [2.24, 2.45) is 0 Å². The van der Waals surface area contributed by atoms with Crippen LogP contribution in [0.15, 0.2) is 71.9 Å². The van der Waals surface area contributed by atoms with Crippen LogP contribution in [0.2, 0.25) is 0 Å². The van der Waals surface area contributed by atoms with Gasteiger partial charge in [-0.15, -0.1) is 11.8 Å². The molecule has 132 valence electrons. The SMILES string of the molecule is CSc1ccc(-c2cc(Nn3cnc4ccccc43)ccc2C#N)cc1O. The molecule has 27 heavy (non-hydrogen) atoms. The number of aromatic hydroxyl groups is 1. The van der Waals surface area contributed by atoms with E-state index in [9.17, 15) is 10.4 Å². The highest BCUT2D eigenvalue weighted by Gasteiger charge is 2.10. The van der Waals surface area contributed by atoms with Crippen molar-refractivity contribution in [2.45, 2.75) is 4.90 Å². The van der Waals surface area contributed by atoms with E-state index in [1.807, 2.05) is 59.5 Å². The van der Waals surface area contributed by atoms with E-state index in [1.54, 1.807) is 18.5 Å². The molecule has 4 rings (SSSR count). The maximum Gasteiger partial charge on any atom is 0.129 e. The summed E-state index contributed by atoms with van der Waals surface area (Å²) in [5.41, 5.74) is 8.09. The fraction of sp³-hybridized carbons (Fsp3) is 0.0476. The summed E-state index contributed by atoms with van der Waals surface area (Å²) in [5, 5.41) is 19.7. The molecule has 0 aliphatic heterocycles. The van der Waals surface area contributed by atoms with Gasteiger partial charge in [-0.2, -0.15) is 5.26 Å². The van der Waals surface area contributed by atoms with Gasteiger partial charge < -0.3 is 5.11 Å². The molecule has 0 unspecified atom stereocenters. The molecule has 0 saturated carbocycles. The summed E-state index contributed by atoms with van der Waals surface area (Å²) in [5.74, 6) is 0.211. The molecule has 0 bridgehead atoms. The number of benzene rings is 3. The van der Waals surface area contributed by atoms with Crippen molar-refractivity contribution in [1.29, 1.82) is 5.26 Å². The molecule has 0 aliphatic rings. The van der Waals surface area contributed by atoms with Crippen LogP contribution in [0.5, 0.6) is 5.75 Å². The van der Waals surface area contributed by atoms with Crippen molar-refractivity contribution in [3.8, 4) is 22.9 Å². The molecule has 2 N–H and O–H groups in total. The lowest BCUT2D eigenvalue weighted by Gasteiger charge is -2.12. The number of fused-ring (bicyclic) bond motifs is 1. The van der Waals surface area contributed by atoms with Gasteiger partial charge in [-0.1, -0.05) is 18.2 Å². The molecule has 1 aromatic heterocycles. The summed E-state index contributed by atoms with van der Waals surface area (Å²) in [4.78, 5) is 5.17. The monoisotopic (exact) mass is 372 g/mol. The third-order valence-electron chi connectivity index (χ3n) is 4.33. The van der Waals surface area contributed by atoms with Crippen LogP contribution in [0, 0.1) is 11.3 Å². The van der Waals surface area contributed by atoms with Gasteiger partial charge in [0.1, 0.15) is 12.1 Å². The lowest BCUT2D eigenvalue weighted by Crippen LogP contribution is -2.07. The minimum absolute atomic E-state index is 0.211. The second kappa shape index (κ2) is 7.06. The summed E-state index contributed by atoms with van der Waals surface area (Å²) < 4.78 is 1.84. The zero-order valence-corrected chi connectivity index (χ0v) is 15.4. The second-order valence-corrected chi connectivity index (χ2v) is 6.82. The van der Waals surface area contributed by atoms with Crippen molar-refractivity contribution in [3.05, 3.63) is 72.6 Å². The Morgan fingerprint density at radius 3 is 2.74 bits per heavy atom. The van der Waals surface area contributed by atoms with Crippen LogP contribution in [0.3, 0.4) is 0 Å². The first-order valence-corrected chi connectivity index (χ1v) is 9.52. The Bertz CT molecular complexity index is 1180. The van der Waals surface area contributed by atoms with Crippen LogP contribution in [0.4, 0.5) is 5.69 Å². The highest BCUT2D eigenvalue weighted by Crippen LogP contribution is 2.34. The first-order valence-electron chi connectivity index (χ1n) is 8.30. The molecule has 0 spiro atoms. The number of imidazole rings is 1. The van der Waals surface area contributed by atoms with E-state index in [0.717, 1.165) is 32.7 Å². The van der Waals surface area contributed by atoms with Crippen LogP contribution in [-0.4, -0.2) is 21.0 Å². The molecule has 0 saturated heterocycles. The van der Waals surface area contributed by atoms with Crippen LogP contribution in [0.25, 0.3) is 22.2 Å². The zero-order chi connectivity index (χ0) is 18.8. The van der Waals surface area contributed by atoms with E-state index in [-0.39, 0.29) is 5.75 Å². The average Bonchev–Trinajstić information content (AvgIpc) is 3.11. The van der Waals surface area contributed by atoms with Crippen LogP contribution < -0.4 is 5.43 Å². The average molecular weight is 372 g/mol. The van der Waals surface area contributed by atoms with Crippen molar-refractivity contribution < 1.29 is 5.11 Å². The fourth-order valence-corrected chi connectivity index (χ4v) is 3.47. The lowest BCUT2D eigenvalue weighted by molar-refractivity contribution is 0.463. The zero-order valence-electron chi connectivity index (χ0n) is 14.5. The van der Waals surface area contributed by atoms with E-state index < -0.39 is 0 Å². The molecule has 4 aromatic rings. The van der Waals surface area contributed by atoms with E-state index in [4.69, 9.17) is 0 Å². The Kier molecular flexibility index (Phi) is 4.45. The summed E-state index contributed by atoms with van der Waals surface area (Å²) in [6, 6.07) is 21.1. The minimum atomic E-state index is 0.211. The Hall–Kier alpha value is -3.43. The van der Waals surface area contributed by atoms with Crippen LogP contribution in [-0.2, 0) is 0 Å². The number of phenols is 1. The summed E-state index contributed by atoms with van der Waals surface area (Å²) in [7, 11) is 0. The van der Waals surface area contributed by atoms with Gasteiger partial charge in [0.15, 0.2) is 0 Å². The fourth-order valence-electron chi connectivity index (χ4n) is 3.00. The van der Waals surface area contributed by atoms with Crippen LogP contribution in [0.1, 0.15) is 5.56 Å². The van der Waals surface area contributed by atoms with E-state index in [1.165, 1.54) is 11.8 Å². The summed E-state index contributed by atoms with van der Waals surface area (Å²) in [6.45, 7) is 0. The van der Waals surface area contributed by atoms with E-state index >= 15 is 0 Å². The molecule has 0 atom stereocenters. The number of nitriles is 1. The number of nitrogens with zero attached hydrogens (tertiary/aromatic N) is 3. The van der Waals surface area contributed by atoms with Gasteiger partial charge in [0.2, 0.25) is 0 Å². The number of para-hydroxylation sites is 2. The van der Waals surface area contributed by atoms with Crippen molar-refractivity contribution >= 4 is 28.5 Å². The highest BCUT2D eigenvalue weighted by molar-refractivity contribution is 7.98. The first-order chi connectivity index (χ1) is 13.2. The van der Waals surface area contributed by atoms with Gasteiger partial charge in [-0.05, 0) is 54.3 Å². The number of aromatic nitrogens is 2. The molecular formula is C21H16N4OS. The second-order valence-electron chi connectivity index (χ2n) is 5.97. The van der Waals surface area contributed by atoms with Gasteiger partial charge >= 0.3 is 0 Å². The lowest BCUT2D eigenvalue weighted by atomic mass is 9.99. The standard InChI is InChI=1S/C21H16N4OS/c1-27-21-9-7-14(10-20(21)26)17-11-16(8-6-15(17)12-22)24-25-13-23-18-4-2-3-5-19(18)25/h2-11,13,24,26H,1H3.